The molecule has 0 aliphatic carbocycles. The molecule has 0 fully saturated rings. The maximum absolute atomic E-state index is 12.8. The van der Waals surface area contributed by atoms with Crippen molar-refractivity contribution in [3.05, 3.63) is 65.2 Å². The molecule has 0 spiro atoms. The lowest BCUT2D eigenvalue weighted by molar-refractivity contribution is -0.137. The number of aldehydes is 1. The monoisotopic (exact) mass is 293 g/mol. The van der Waals surface area contributed by atoms with Crippen LogP contribution in [0.3, 0.4) is 0 Å². The molecule has 0 aromatic heterocycles. The molecule has 1 N–H and O–H groups in total. The Morgan fingerprint density at radius 1 is 1.05 bits per heavy atom. The van der Waals surface area contributed by atoms with E-state index in [0.29, 0.717) is 5.56 Å². The Kier molecular flexibility index (Phi) is 4.07. The fraction of sp³-hybridized carbons (Fsp3) is 0.0667. The summed E-state index contributed by atoms with van der Waals surface area (Å²) in [5, 5.41) is 2.37. The third kappa shape index (κ3) is 3.47. The van der Waals surface area contributed by atoms with Gasteiger partial charge in [0, 0.05) is 16.8 Å². The van der Waals surface area contributed by atoms with E-state index in [1.807, 2.05) is 0 Å². The lowest BCUT2D eigenvalue weighted by Crippen LogP contribution is -2.14. The number of halogens is 3. The van der Waals surface area contributed by atoms with Crippen molar-refractivity contribution in [3.8, 4) is 0 Å². The van der Waals surface area contributed by atoms with E-state index in [4.69, 9.17) is 0 Å². The lowest BCUT2D eigenvalue weighted by Gasteiger charge is -2.12. The highest BCUT2D eigenvalue weighted by Crippen LogP contribution is 2.33. The van der Waals surface area contributed by atoms with Gasteiger partial charge in [-0.15, -0.1) is 0 Å². The molecule has 0 bridgehead atoms. The van der Waals surface area contributed by atoms with Crippen molar-refractivity contribution in [3.63, 3.8) is 0 Å². The third-order valence-corrected chi connectivity index (χ3v) is 2.78. The Morgan fingerprint density at radius 3 is 2.29 bits per heavy atom. The Morgan fingerprint density at radius 2 is 1.71 bits per heavy atom. The summed E-state index contributed by atoms with van der Waals surface area (Å²) in [7, 11) is 0. The van der Waals surface area contributed by atoms with Crippen LogP contribution < -0.4 is 5.32 Å². The molecule has 6 heteroatoms. The maximum atomic E-state index is 12.8. The molecule has 21 heavy (non-hydrogen) atoms. The number of carbonyl (C=O) groups is 2. The van der Waals surface area contributed by atoms with Gasteiger partial charge in [0.2, 0.25) is 0 Å². The maximum Gasteiger partial charge on any atom is 0.417 e. The molecule has 0 atom stereocenters. The number of alkyl halides is 3. The number of benzene rings is 2. The Hall–Kier alpha value is -2.63. The van der Waals surface area contributed by atoms with Gasteiger partial charge < -0.3 is 5.32 Å². The van der Waals surface area contributed by atoms with Gasteiger partial charge in [-0.3, -0.25) is 9.59 Å². The highest BCUT2D eigenvalue weighted by molar-refractivity contribution is 6.04. The first-order valence-electron chi connectivity index (χ1n) is 5.94. The van der Waals surface area contributed by atoms with Gasteiger partial charge >= 0.3 is 6.18 Å². The average Bonchev–Trinajstić information content (AvgIpc) is 2.47. The molecular formula is C15H10F3NO2. The van der Waals surface area contributed by atoms with Crippen LogP contribution in [0.15, 0.2) is 48.5 Å². The van der Waals surface area contributed by atoms with Gasteiger partial charge in [0.25, 0.3) is 5.91 Å². The van der Waals surface area contributed by atoms with Crippen LogP contribution in [0.2, 0.25) is 0 Å². The van der Waals surface area contributed by atoms with Crippen molar-refractivity contribution in [2.45, 2.75) is 6.18 Å². The average molecular weight is 293 g/mol. The number of carbonyl (C=O) groups excluding carboxylic acids is 2. The summed E-state index contributed by atoms with van der Waals surface area (Å²) in [4.78, 5) is 22.5. The van der Waals surface area contributed by atoms with Crippen LogP contribution in [-0.2, 0) is 6.18 Å². The van der Waals surface area contributed by atoms with Crippen molar-refractivity contribution in [2.75, 3.05) is 5.32 Å². The molecular weight excluding hydrogens is 283 g/mol. The SMILES string of the molecule is O=Cc1ccc(NC(=O)c2ccccc2)cc1C(F)(F)F. The summed E-state index contributed by atoms with van der Waals surface area (Å²) >= 11 is 0. The van der Waals surface area contributed by atoms with Crippen LogP contribution in [-0.4, -0.2) is 12.2 Å². The predicted octanol–water partition coefficient (Wildman–Crippen LogP) is 3.77. The number of nitrogens with one attached hydrogen (secondary N) is 1. The number of anilines is 1. The molecule has 0 aliphatic rings. The predicted molar refractivity (Wildman–Crippen MR) is 71.2 cm³/mol. The van der Waals surface area contributed by atoms with Gasteiger partial charge in [0.05, 0.1) is 5.56 Å². The molecule has 2 rings (SSSR count). The molecule has 0 radical (unpaired) electrons. The van der Waals surface area contributed by atoms with Crippen molar-refractivity contribution in [2.24, 2.45) is 0 Å². The van der Waals surface area contributed by atoms with Crippen LogP contribution >= 0.6 is 0 Å². The molecule has 2 aromatic carbocycles. The molecule has 3 nitrogen and oxygen atoms in total. The minimum atomic E-state index is -4.66. The zero-order valence-electron chi connectivity index (χ0n) is 10.6. The summed E-state index contributed by atoms with van der Waals surface area (Å²) < 4.78 is 38.4. The number of hydrogen-bond donors (Lipinski definition) is 1. The molecule has 1 amide bonds. The van der Waals surface area contributed by atoms with Gasteiger partial charge in [-0.1, -0.05) is 18.2 Å². The van der Waals surface area contributed by atoms with Crippen molar-refractivity contribution in [1.82, 2.24) is 0 Å². The Labute approximate surface area is 118 Å². The second-order valence-corrected chi connectivity index (χ2v) is 4.24. The van der Waals surface area contributed by atoms with Crippen LogP contribution in [0.1, 0.15) is 26.3 Å². The first kappa shape index (κ1) is 14.8. The molecule has 0 unspecified atom stereocenters. The smallest absolute Gasteiger partial charge is 0.322 e. The largest absolute Gasteiger partial charge is 0.417 e. The third-order valence-electron chi connectivity index (χ3n) is 2.78. The van der Waals surface area contributed by atoms with E-state index >= 15 is 0 Å². The Bertz CT molecular complexity index is 666. The zero-order valence-corrected chi connectivity index (χ0v) is 10.6. The van der Waals surface area contributed by atoms with Crippen molar-refractivity contribution in [1.29, 1.82) is 0 Å². The van der Waals surface area contributed by atoms with Gasteiger partial charge in [-0.25, -0.2) is 0 Å². The minimum Gasteiger partial charge on any atom is -0.322 e. The molecule has 0 saturated carbocycles. The quantitative estimate of drug-likeness (QED) is 0.876. The molecule has 2 aromatic rings. The number of rotatable bonds is 3. The molecule has 0 saturated heterocycles. The van der Waals surface area contributed by atoms with Crippen LogP contribution in [0, 0.1) is 0 Å². The van der Waals surface area contributed by atoms with E-state index in [2.05, 4.69) is 5.32 Å². The van der Waals surface area contributed by atoms with Gasteiger partial charge in [-0.05, 0) is 30.3 Å². The van der Waals surface area contributed by atoms with Gasteiger partial charge in [0.1, 0.15) is 0 Å². The second kappa shape index (κ2) is 5.78. The lowest BCUT2D eigenvalue weighted by atomic mass is 10.1. The summed E-state index contributed by atoms with van der Waals surface area (Å²) in [5.41, 5.74) is -1.25. The fourth-order valence-electron chi connectivity index (χ4n) is 1.78. The molecule has 0 aliphatic heterocycles. The van der Waals surface area contributed by atoms with Crippen molar-refractivity contribution >= 4 is 17.9 Å². The highest BCUT2D eigenvalue weighted by atomic mass is 19.4. The highest BCUT2D eigenvalue weighted by Gasteiger charge is 2.33. The first-order valence-corrected chi connectivity index (χ1v) is 5.94. The molecule has 0 heterocycles. The summed E-state index contributed by atoms with van der Waals surface area (Å²) in [6.07, 6.45) is -4.53. The van der Waals surface area contributed by atoms with Gasteiger partial charge in [-0.2, -0.15) is 13.2 Å². The van der Waals surface area contributed by atoms with E-state index in [0.717, 1.165) is 12.1 Å². The van der Waals surface area contributed by atoms with E-state index in [1.54, 1.807) is 30.3 Å². The van der Waals surface area contributed by atoms with E-state index in [9.17, 15) is 22.8 Å². The number of amides is 1. The topological polar surface area (TPSA) is 46.2 Å². The van der Waals surface area contributed by atoms with E-state index in [-0.39, 0.29) is 12.0 Å². The number of hydrogen-bond acceptors (Lipinski definition) is 2. The van der Waals surface area contributed by atoms with E-state index in [1.165, 1.54) is 6.07 Å². The normalized spacial score (nSPS) is 11.0. The van der Waals surface area contributed by atoms with Gasteiger partial charge in [0.15, 0.2) is 6.29 Å². The van der Waals surface area contributed by atoms with Crippen molar-refractivity contribution < 1.29 is 22.8 Å². The fourth-order valence-corrected chi connectivity index (χ4v) is 1.78. The summed E-state index contributed by atoms with van der Waals surface area (Å²) in [6, 6.07) is 11.1. The Balaban J connectivity index is 2.30. The van der Waals surface area contributed by atoms with E-state index < -0.39 is 23.2 Å². The van der Waals surface area contributed by atoms with Crippen LogP contribution in [0.5, 0.6) is 0 Å². The second-order valence-electron chi connectivity index (χ2n) is 4.24. The minimum absolute atomic E-state index is 0.0261. The summed E-state index contributed by atoms with van der Waals surface area (Å²) in [5.74, 6) is -0.525. The van der Waals surface area contributed by atoms with Crippen LogP contribution in [0.25, 0.3) is 0 Å². The van der Waals surface area contributed by atoms with Crippen LogP contribution in [0.4, 0.5) is 18.9 Å². The first-order chi connectivity index (χ1) is 9.91. The zero-order chi connectivity index (χ0) is 15.5. The summed E-state index contributed by atoms with van der Waals surface area (Å²) in [6.45, 7) is 0. The standard InChI is InChI=1S/C15H10F3NO2/c16-15(17,18)13-8-12(7-6-11(13)9-20)19-14(21)10-4-2-1-3-5-10/h1-9H,(H,19,21). The molecule has 108 valence electrons.